The van der Waals surface area contributed by atoms with Crippen LogP contribution in [0.3, 0.4) is 0 Å². The molecule has 0 aromatic heterocycles. The van der Waals surface area contributed by atoms with E-state index >= 15 is 0 Å². The molecule has 0 radical (unpaired) electrons. The second-order valence-corrected chi connectivity index (χ2v) is 35.6. The van der Waals surface area contributed by atoms with Crippen molar-refractivity contribution in [2.24, 2.45) is 0 Å². The number of halogens is 2. The molecule has 0 atom stereocenters. The fraction of sp³-hybridized carbons (Fsp3) is 0.231. The van der Waals surface area contributed by atoms with Crippen LogP contribution in [0.15, 0.2) is 207 Å². The van der Waals surface area contributed by atoms with Gasteiger partial charge in [0, 0.05) is 0 Å². The Morgan fingerprint density at radius 3 is 0.867 bits per heavy atom. The van der Waals surface area contributed by atoms with E-state index in [1.807, 2.05) is 41.5 Å². The maximum Gasteiger partial charge on any atom is 0.207 e. The van der Waals surface area contributed by atoms with Crippen LogP contribution in [-0.4, -0.2) is 93.2 Å². The Bertz CT molecular complexity index is 5230. The number of hydrogen-bond acceptors (Lipinski definition) is 20. The molecule has 0 spiro atoms. The van der Waals surface area contributed by atoms with Gasteiger partial charge in [0.15, 0.2) is 0 Å². The van der Waals surface area contributed by atoms with E-state index in [0.29, 0.717) is 79.6 Å². The van der Waals surface area contributed by atoms with Crippen molar-refractivity contribution in [3.05, 3.63) is 235 Å². The fourth-order valence-corrected chi connectivity index (χ4v) is 20.1. The molecule has 0 heterocycles. The van der Waals surface area contributed by atoms with Gasteiger partial charge in [0.1, 0.15) is 57.5 Å². The van der Waals surface area contributed by atoms with Crippen LogP contribution in [-0.2, 0) is 62.0 Å². The summed E-state index contributed by atoms with van der Waals surface area (Å²) in [7, 11) is -18.6. The third-order valence-electron chi connectivity index (χ3n) is 17.3. The molecular weight excluding hydrogens is 1490 g/mol. The number of sulfone groups is 5. The zero-order valence-corrected chi connectivity index (χ0v) is 65.5. The van der Waals surface area contributed by atoms with Crippen molar-refractivity contribution >= 4 is 72.4 Å². The van der Waals surface area contributed by atoms with Gasteiger partial charge in [-0.25, -0.2) is 42.1 Å². The summed E-state index contributed by atoms with van der Waals surface area (Å²) in [5.74, 6) is -0.0266. The number of aryl methyl sites for hydroxylation is 6. The molecule has 560 valence electrons. The fourth-order valence-electron chi connectivity index (χ4n) is 10.9. The second-order valence-electron chi connectivity index (χ2n) is 25.3. The zero-order valence-electron chi connectivity index (χ0n) is 59.9. The van der Waals surface area contributed by atoms with Gasteiger partial charge in [0.2, 0.25) is 49.2 Å². The molecule has 0 aliphatic rings. The van der Waals surface area contributed by atoms with Gasteiger partial charge in [-0.1, -0.05) is 64.7 Å². The summed E-state index contributed by atoms with van der Waals surface area (Å²) >= 11 is 11.4. The molecular formula is C78H84Cl2O20S5. The van der Waals surface area contributed by atoms with Crippen LogP contribution in [0.4, 0.5) is 0 Å². The predicted octanol–water partition coefficient (Wildman–Crippen LogP) is 16.8. The Morgan fingerprint density at radius 2 is 0.552 bits per heavy atom. The summed E-state index contributed by atoms with van der Waals surface area (Å²) in [5, 5.41) is 95.5. The predicted molar refractivity (Wildman–Crippen MR) is 403 cm³/mol. The van der Waals surface area contributed by atoms with Crippen LogP contribution in [0, 0.1) is 55.4 Å². The van der Waals surface area contributed by atoms with E-state index < -0.39 is 49.2 Å². The summed E-state index contributed by atoms with van der Waals surface area (Å²) in [6, 6.07) is 35.8. The van der Waals surface area contributed by atoms with E-state index in [9.17, 15) is 93.2 Å². The van der Waals surface area contributed by atoms with E-state index in [2.05, 4.69) is 0 Å². The van der Waals surface area contributed by atoms with Crippen molar-refractivity contribution < 1.29 is 93.2 Å². The first-order valence-electron chi connectivity index (χ1n) is 32.4. The largest absolute Gasteiger partial charge is 0.508 e. The molecule has 27 heteroatoms. The minimum absolute atomic E-state index is 0.0439. The third kappa shape index (κ3) is 19.0. The Morgan fingerprint density at radius 1 is 0.276 bits per heavy atom. The van der Waals surface area contributed by atoms with Crippen molar-refractivity contribution in [2.75, 3.05) is 0 Å². The van der Waals surface area contributed by atoms with Gasteiger partial charge >= 0.3 is 0 Å². The highest BCUT2D eigenvalue weighted by atomic mass is 35.5. The van der Waals surface area contributed by atoms with Crippen molar-refractivity contribution in [1.29, 1.82) is 0 Å². The highest BCUT2D eigenvalue weighted by Crippen LogP contribution is 2.40. The average Bonchev–Trinajstić information content (AvgIpc) is 0.759. The monoisotopic (exact) mass is 1570 g/mol. The second kappa shape index (κ2) is 33.8. The van der Waals surface area contributed by atoms with E-state index in [1.54, 1.807) is 55.4 Å². The molecule has 0 aliphatic heterocycles. The summed E-state index contributed by atoms with van der Waals surface area (Å²) in [6.07, 6.45) is 1.00. The molecule has 10 N–H and O–H groups in total. The lowest BCUT2D eigenvalue weighted by Gasteiger charge is -2.17. The summed E-state index contributed by atoms with van der Waals surface area (Å²) < 4.78 is 128. The Hall–Kier alpha value is -9.47. The van der Waals surface area contributed by atoms with Gasteiger partial charge in [-0.05, 0) is 305 Å². The van der Waals surface area contributed by atoms with Crippen LogP contribution in [0.2, 0.25) is 10.0 Å². The Labute approximate surface area is 623 Å². The first kappa shape index (κ1) is 84.5. The first-order chi connectivity index (χ1) is 48.7. The molecule has 0 amide bonds. The van der Waals surface area contributed by atoms with Gasteiger partial charge < -0.3 is 51.1 Å². The normalized spacial score (nSPS) is 11.7. The van der Waals surface area contributed by atoms with Crippen molar-refractivity contribution in [3.63, 3.8) is 0 Å². The molecule has 0 unspecified atom stereocenters. The summed E-state index contributed by atoms with van der Waals surface area (Å²) in [4.78, 5) is 1.32. The topological polar surface area (TPSA) is 373 Å². The zero-order chi connectivity index (χ0) is 79.1. The van der Waals surface area contributed by atoms with Gasteiger partial charge in [-0.3, -0.25) is 0 Å². The van der Waals surface area contributed by atoms with Gasteiger partial charge in [0.05, 0.1) is 59.0 Å². The molecule has 10 rings (SSSR count). The molecule has 0 aliphatic carbocycles. The lowest BCUT2D eigenvalue weighted by atomic mass is 10.0. The van der Waals surface area contributed by atoms with Crippen LogP contribution in [0.25, 0.3) is 0 Å². The van der Waals surface area contributed by atoms with Crippen molar-refractivity contribution in [3.8, 4) is 57.5 Å². The number of rotatable bonds is 14. The summed E-state index contributed by atoms with van der Waals surface area (Å²) in [5.41, 5.74) is 6.44. The third-order valence-corrected chi connectivity index (χ3v) is 27.6. The molecule has 10 aromatic rings. The van der Waals surface area contributed by atoms with E-state index in [4.69, 9.17) is 23.2 Å². The lowest BCUT2D eigenvalue weighted by Crippen LogP contribution is -2.10. The number of phenols is 10. The molecule has 0 saturated heterocycles. The number of hydrogen-bond donors (Lipinski definition) is 10. The van der Waals surface area contributed by atoms with Crippen molar-refractivity contribution in [1.82, 2.24) is 0 Å². The quantitative estimate of drug-likeness (QED) is 0.0483. The van der Waals surface area contributed by atoms with Crippen LogP contribution >= 0.6 is 23.2 Å². The number of aromatic hydroxyl groups is 10. The van der Waals surface area contributed by atoms with E-state index in [1.165, 1.54) is 146 Å². The maximum absolute atomic E-state index is 13.1. The smallest absolute Gasteiger partial charge is 0.207 e. The Balaban J connectivity index is 0.000000206. The van der Waals surface area contributed by atoms with Crippen LogP contribution in [0.5, 0.6) is 57.5 Å². The lowest BCUT2D eigenvalue weighted by molar-refractivity contribution is 0.468. The van der Waals surface area contributed by atoms with Gasteiger partial charge in [-0.15, -0.1) is 0 Å². The van der Waals surface area contributed by atoms with Crippen LogP contribution in [0.1, 0.15) is 120 Å². The molecule has 105 heavy (non-hydrogen) atoms. The van der Waals surface area contributed by atoms with Gasteiger partial charge in [0.25, 0.3) is 0 Å². The summed E-state index contributed by atoms with van der Waals surface area (Å²) in [6.45, 7) is 24.5. The SMILES string of the molecule is CC(C)c1cc(O)ccc1S(=O)(=O)c1ccc(O)cc1C(C)C.CCc1cc(O)ccc1S(=O)(=O)c1ccc(O)cc1CC.Cc1c(O)ccc(S(=O)(=O)c2ccc(O)c(C)c2C)c1C.Cc1cc(S(=O)(=O)c2cc(C)c(O)cc2C)c(C)cc1O.O=S(=O)(c1ccc(O)c(Cl)c1)c1ccc(O)c(Cl)c1. The highest BCUT2D eigenvalue weighted by molar-refractivity contribution is 7.92. The molecule has 0 fully saturated rings. The average molecular weight is 1570 g/mol. The molecule has 10 aromatic carbocycles. The highest BCUT2D eigenvalue weighted by Gasteiger charge is 2.30. The number of phenolic OH excluding ortho intramolecular Hbond substituents is 10. The van der Waals surface area contributed by atoms with Crippen LogP contribution < -0.4 is 0 Å². The van der Waals surface area contributed by atoms with E-state index in [0.717, 1.165) is 12.1 Å². The van der Waals surface area contributed by atoms with Crippen molar-refractivity contribution in [2.45, 2.75) is 171 Å². The Kier molecular flexibility index (Phi) is 27.2. The maximum atomic E-state index is 13.1. The van der Waals surface area contributed by atoms with E-state index in [-0.39, 0.29) is 128 Å². The molecule has 0 saturated carbocycles. The minimum atomic E-state index is -3.81. The first-order valence-corrected chi connectivity index (χ1v) is 40.6. The molecule has 0 bridgehead atoms. The number of benzene rings is 10. The van der Waals surface area contributed by atoms with Gasteiger partial charge in [-0.2, -0.15) is 0 Å². The standard InChI is InChI=1S/C18H22O4S.3C16H18O4S.C12H8Cl2O4S/c1-11(2)15-9-13(19)5-7-17(15)23(21,22)18-8-6-14(20)10-16(18)12(3)4;1-9-7-15(11(3)5-13(9)17)21(19,20)16-8-10(2)14(18)6-12(16)4;1-9-11(3)15(7-5-13(9)17)21(19,20)16-8-6-14(18)10(2)12(16)4;1-3-11-9-13(17)5-7-15(11)21(19,20)16-8-6-14(18)10-12(16)4-2;13-9-5-7(1-3-11(9)15)19(17,18)8-2-4-12(16)10(14)6-8/h5-12,19-20H,1-4H3;2*5-8,17-18H,1-4H3;5-10,17-18H,3-4H2,1-2H3;1-6,15-16H. The minimum Gasteiger partial charge on any atom is -0.508 e. The molecule has 20 nitrogen and oxygen atoms in total.